The average Bonchev–Trinajstić information content (AvgIpc) is 2.51. The molecule has 0 aromatic heterocycles. The van der Waals surface area contributed by atoms with Crippen molar-refractivity contribution in [2.75, 3.05) is 0 Å². The maximum Gasteiger partial charge on any atom is 0.218 e. The summed E-state index contributed by atoms with van der Waals surface area (Å²) in [5.74, 6) is -0.268. The van der Waals surface area contributed by atoms with E-state index in [4.69, 9.17) is 0 Å². The quantitative estimate of drug-likeness (QED) is 0.265. The molecular formula is C20H41NO3. The molecule has 0 fully saturated rings. The summed E-state index contributed by atoms with van der Waals surface area (Å²) < 4.78 is 0. The smallest absolute Gasteiger partial charge is 0.218 e. The Kier molecular flexibility index (Phi) is 16.8. The molecule has 0 aliphatic carbocycles. The van der Waals surface area contributed by atoms with Gasteiger partial charge in [0.05, 0.1) is 6.10 Å². The minimum absolute atomic E-state index is 0.220. The summed E-state index contributed by atoms with van der Waals surface area (Å²) in [7, 11) is 0. The van der Waals surface area contributed by atoms with Crippen molar-refractivity contribution in [3.8, 4) is 0 Å². The van der Waals surface area contributed by atoms with Crippen molar-refractivity contribution < 1.29 is 15.0 Å². The molecule has 4 nitrogen and oxygen atoms in total. The molecule has 144 valence electrons. The zero-order valence-electron chi connectivity index (χ0n) is 16.1. The molecule has 0 saturated heterocycles. The van der Waals surface area contributed by atoms with Gasteiger partial charge in [0.2, 0.25) is 5.91 Å². The van der Waals surface area contributed by atoms with E-state index in [1.807, 2.05) is 0 Å². The van der Waals surface area contributed by atoms with Crippen LogP contribution in [0, 0.1) is 0 Å². The first-order chi connectivity index (χ1) is 11.6. The number of rotatable bonds is 17. The Morgan fingerprint density at radius 3 is 1.62 bits per heavy atom. The molecule has 3 N–H and O–H groups in total. The molecule has 0 aromatic rings. The van der Waals surface area contributed by atoms with E-state index < -0.39 is 12.3 Å². The number of aliphatic hydroxyl groups is 2. The number of hydrogen-bond donors (Lipinski definition) is 3. The van der Waals surface area contributed by atoms with Crippen molar-refractivity contribution in [3.05, 3.63) is 0 Å². The van der Waals surface area contributed by atoms with Crippen molar-refractivity contribution in [3.63, 3.8) is 0 Å². The predicted octanol–water partition coefficient (Wildman–Crippen LogP) is 4.67. The number of nitrogens with one attached hydrogen (secondary N) is 1. The first-order valence-electron chi connectivity index (χ1n) is 10.2. The number of hydrogen-bond acceptors (Lipinski definition) is 3. The largest absolute Gasteiger partial charge is 0.393 e. The number of amides is 1. The topological polar surface area (TPSA) is 69.6 Å². The second-order valence-electron chi connectivity index (χ2n) is 7.14. The third kappa shape index (κ3) is 17.7. The van der Waals surface area contributed by atoms with Gasteiger partial charge in [0.15, 0.2) is 0 Å². The highest BCUT2D eigenvalue weighted by atomic mass is 16.3. The highest BCUT2D eigenvalue weighted by molar-refractivity contribution is 5.72. The third-order valence-electron chi connectivity index (χ3n) is 4.51. The molecule has 0 spiro atoms. The Hall–Kier alpha value is -0.610. The van der Waals surface area contributed by atoms with Crippen LogP contribution in [0.15, 0.2) is 0 Å². The summed E-state index contributed by atoms with van der Waals surface area (Å²) in [5.41, 5.74) is 0. The fourth-order valence-corrected chi connectivity index (χ4v) is 3.07. The second-order valence-corrected chi connectivity index (χ2v) is 7.14. The van der Waals surface area contributed by atoms with Crippen molar-refractivity contribution >= 4 is 5.91 Å². The maximum absolute atomic E-state index is 10.8. The lowest BCUT2D eigenvalue weighted by Crippen LogP contribution is -2.35. The Bertz CT molecular complexity index is 284. The predicted molar refractivity (Wildman–Crippen MR) is 101 cm³/mol. The second kappa shape index (κ2) is 17.2. The molecule has 0 bridgehead atoms. The van der Waals surface area contributed by atoms with Crippen LogP contribution in [0.25, 0.3) is 0 Å². The van der Waals surface area contributed by atoms with Crippen LogP contribution in [0.1, 0.15) is 110 Å². The number of carbonyl (C=O) groups is 1. The van der Waals surface area contributed by atoms with Gasteiger partial charge in [0, 0.05) is 13.3 Å². The fourth-order valence-electron chi connectivity index (χ4n) is 3.07. The fraction of sp³-hybridized carbons (Fsp3) is 0.950. The monoisotopic (exact) mass is 343 g/mol. The molecule has 4 heteroatoms. The highest BCUT2D eigenvalue weighted by Crippen LogP contribution is 2.14. The van der Waals surface area contributed by atoms with E-state index in [9.17, 15) is 15.0 Å². The lowest BCUT2D eigenvalue weighted by molar-refractivity contribution is -0.122. The van der Waals surface area contributed by atoms with Gasteiger partial charge < -0.3 is 15.5 Å². The Morgan fingerprint density at radius 2 is 1.21 bits per heavy atom. The molecule has 0 saturated carbocycles. The van der Waals surface area contributed by atoms with Crippen LogP contribution in [0.2, 0.25) is 0 Å². The molecule has 0 aliphatic rings. The van der Waals surface area contributed by atoms with Gasteiger partial charge in [-0.2, -0.15) is 0 Å². The lowest BCUT2D eigenvalue weighted by atomic mass is 10.0. The Labute approximate surface area is 149 Å². The number of unbranched alkanes of at least 4 members (excludes halogenated alkanes) is 12. The van der Waals surface area contributed by atoms with Crippen LogP contribution in [-0.2, 0) is 4.79 Å². The molecule has 0 radical (unpaired) electrons. The summed E-state index contributed by atoms with van der Waals surface area (Å²) >= 11 is 0. The zero-order valence-corrected chi connectivity index (χ0v) is 16.1. The van der Waals surface area contributed by atoms with E-state index in [0.717, 1.165) is 12.8 Å². The summed E-state index contributed by atoms with van der Waals surface area (Å²) in [6, 6.07) is 0. The SMILES string of the molecule is CCCCCCCCCCCCCCCC(O)CC(O)NC(C)=O. The molecule has 0 heterocycles. The molecule has 1 amide bonds. The van der Waals surface area contributed by atoms with Gasteiger partial charge in [0.25, 0.3) is 0 Å². The van der Waals surface area contributed by atoms with Crippen LogP contribution >= 0.6 is 0 Å². The van der Waals surface area contributed by atoms with Gasteiger partial charge >= 0.3 is 0 Å². The van der Waals surface area contributed by atoms with Crippen LogP contribution in [0.5, 0.6) is 0 Å². The van der Waals surface area contributed by atoms with E-state index in [1.54, 1.807) is 0 Å². The molecule has 0 aliphatic heterocycles. The Balaban J connectivity index is 3.23. The van der Waals surface area contributed by atoms with Gasteiger partial charge in [-0.05, 0) is 6.42 Å². The first kappa shape index (κ1) is 23.4. The number of carbonyl (C=O) groups excluding carboxylic acids is 1. The zero-order chi connectivity index (χ0) is 18.0. The molecule has 2 atom stereocenters. The van der Waals surface area contributed by atoms with E-state index >= 15 is 0 Å². The van der Waals surface area contributed by atoms with Crippen LogP contribution in [0.3, 0.4) is 0 Å². The van der Waals surface area contributed by atoms with Gasteiger partial charge in [-0.1, -0.05) is 90.4 Å². The van der Waals surface area contributed by atoms with E-state index in [2.05, 4.69) is 12.2 Å². The minimum atomic E-state index is -0.931. The lowest BCUT2D eigenvalue weighted by Gasteiger charge is -2.16. The van der Waals surface area contributed by atoms with Crippen molar-refractivity contribution in [2.45, 2.75) is 122 Å². The summed E-state index contributed by atoms with van der Waals surface area (Å²) in [6.07, 6.45) is 16.5. The molecule has 24 heavy (non-hydrogen) atoms. The van der Waals surface area contributed by atoms with Gasteiger partial charge in [-0.25, -0.2) is 0 Å². The summed E-state index contributed by atoms with van der Waals surface area (Å²) in [4.78, 5) is 10.8. The van der Waals surface area contributed by atoms with Crippen LogP contribution in [-0.4, -0.2) is 28.5 Å². The van der Waals surface area contributed by atoms with Gasteiger partial charge in [0.1, 0.15) is 6.23 Å². The van der Waals surface area contributed by atoms with Gasteiger partial charge in [-0.15, -0.1) is 0 Å². The van der Waals surface area contributed by atoms with Crippen LogP contribution in [0.4, 0.5) is 0 Å². The molecule has 0 rings (SSSR count). The maximum atomic E-state index is 10.8. The van der Waals surface area contributed by atoms with Crippen LogP contribution < -0.4 is 5.32 Å². The van der Waals surface area contributed by atoms with Gasteiger partial charge in [-0.3, -0.25) is 4.79 Å². The van der Waals surface area contributed by atoms with Crippen molar-refractivity contribution in [1.82, 2.24) is 5.32 Å². The number of aliphatic hydroxyl groups excluding tert-OH is 2. The average molecular weight is 344 g/mol. The first-order valence-corrected chi connectivity index (χ1v) is 10.2. The van der Waals surface area contributed by atoms with Crippen molar-refractivity contribution in [1.29, 1.82) is 0 Å². The molecule has 2 unspecified atom stereocenters. The highest BCUT2D eigenvalue weighted by Gasteiger charge is 2.12. The summed E-state index contributed by atoms with van der Waals surface area (Å²) in [6.45, 7) is 3.62. The summed E-state index contributed by atoms with van der Waals surface area (Å²) in [5, 5.41) is 21.7. The standard InChI is InChI=1S/C20H41NO3/c1-3-4-5-6-7-8-9-10-11-12-13-14-15-16-19(23)17-20(24)21-18(2)22/h19-20,23-24H,3-17H2,1-2H3,(H,21,22). The van der Waals surface area contributed by atoms with E-state index in [-0.39, 0.29) is 12.3 Å². The third-order valence-corrected chi connectivity index (χ3v) is 4.51. The van der Waals surface area contributed by atoms with Crippen molar-refractivity contribution in [2.24, 2.45) is 0 Å². The molecule has 0 aromatic carbocycles. The van der Waals surface area contributed by atoms with E-state index in [0.29, 0.717) is 6.42 Å². The Morgan fingerprint density at radius 1 is 0.792 bits per heavy atom. The van der Waals surface area contributed by atoms with E-state index in [1.165, 1.54) is 77.6 Å². The normalized spacial score (nSPS) is 13.7. The molecular weight excluding hydrogens is 302 g/mol. The minimum Gasteiger partial charge on any atom is -0.393 e.